The first-order chi connectivity index (χ1) is 9.27. The molecule has 0 aliphatic carbocycles. The van der Waals surface area contributed by atoms with E-state index < -0.39 is 16.4 Å². The molecule has 0 radical (unpaired) electrons. The van der Waals surface area contributed by atoms with Crippen molar-refractivity contribution in [1.82, 2.24) is 0 Å². The highest BCUT2D eigenvalue weighted by molar-refractivity contribution is 5.77. The summed E-state index contributed by atoms with van der Waals surface area (Å²) in [6, 6.07) is 4.71. The maximum Gasteiger partial charge on any atom is 0.323 e. The lowest BCUT2D eigenvalue weighted by atomic mass is 10.0. The van der Waals surface area contributed by atoms with Gasteiger partial charge in [-0.2, -0.15) is 0 Å². The highest BCUT2D eigenvalue weighted by atomic mass is 16.6. The van der Waals surface area contributed by atoms with E-state index >= 15 is 0 Å². The first-order valence-corrected chi connectivity index (χ1v) is 6.20. The molecular weight excluding hydrogens is 264 g/mol. The monoisotopic (exact) mass is 282 g/mol. The zero-order chi connectivity index (χ0) is 15.3. The lowest BCUT2D eigenvalue weighted by molar-refractivity contribution is -0.385. The van der Waals surface area contributed by atoms with Crippen LogP contribution in [0.4, 0.5) is 5.69 Å². The second-order valence-electron chi connectivity index (χ2n) is 4.73. The van der Waals surface area contributed by atoms with Gasteiger partial charge in [0.1, 0.15) is 5.54 Å². The van der Waals surface area contributed by atoms with E-state index in [1.54, 1.807) is 6.07 Å². The molecule has 3 N–H and O–H groups in total. The lowest BCUT2D eigenvalue weighted by Gasteiger charge is -2.19. The van der Waals surface area contributed by atoms with E-state index in [4.69, 9.17) is 15.6 Å². The van der Waals surface area contributed by atoms with E-state index in [0.717, 1.165) is 5.56 Å². The molecule has 1 aromatic carbocycles. The van der Waals surface area contributed by atoms with E-state index in [2.05, 4.69) is 0 Å². The predicted octanol–water partition coefficient (Wildman–Crippen LogP) is 1.73. The molecule has 0 saturated carbocycles. The molecule has 0 fully saturated rings. The van der Waals surface area contributed by atoms with Crippen LogP contribution < -0.4 is 10.5 Å². The van der Waals surface area contributed by atoms with Crippen LogP contribution in [-0.2, 0) is 11.2 Å². The molecule has 1 rings (SSSR count). The number of benzene rings is 1. The number of hydrogen-bond acceptors (Lipinski definition) is 5. The Bertz CT molecular complexity index is 513. The van der Waals surface area contributed by atoms with Gasteiger partial charge in [-0.15, -0.1) is 0 Å². The van der Waals surface area contributed by atoms with Gasteiger partial charge in [0.15, 0.2) is 5.75 Å². The Morgan fingerprint density at radius 2 is 2.20 bits per heavy atom. The Labute approximate surface area is 116 Å². The van der Waals surface area contributed by atoms with E-state index in [-0.39, 0.29) is 24.5 Å². The molecule has 0 amide bonds. The van der Waals surface area contributed by atoms with E-state index in [9.17, 15) is 14.9 Å². The summed E-state index contributed by atoms with van der Waals surface area (Å²) in [5, 5.41) is 19.8. The van der Waals surface area contributed by atoms with Crippen molar-refractivity contribution in [3.8, 4) is 5.75 Å². The van der Waals surface area contributed by atoms with Gasteiger partial charge in [0.05, 0.1) is 11.5 Å². The van der Waals surface area contributed by atoms with Gasteiger partial charge in [0.25, 0.3) is 0 Å². The highest BCUT2D eigenvalue weighted by Gasteiger charge is 2.28. The van der Waals surface area contributed by atoms with Crippen LogP contribution in [0.15, 0.2) is 18.2 Å². The second-order valence-corrected chi connectivity index (χ2v) is 4.73. The number of rotatable bonds is 7. The maximum atomic E-state index is 11.0. The normalized spacial score (nSPS) is 13.6. The van der Waals surface area contributed by atoms with Crippen molar-refractivity contribution in [1.29, 1.82) is 0 Å². The number of nitrogens with zero attached hydrogens (tertiary/aromatic N) is 1. The average Bonchev–Trinajstić information content (AvgIpc) is 2.38. The van der Waals surface area contributed by atoms with Crippen LogP contribution in [-0.4, -0.2) is 28.1 Å². The number of nitro groups is 1. The Morgan fingerprint density at radius 1 is 1.55 bits per heavy atom. The van der Waals surface area contributed by atoms with Gasteiger partial charge in [-0.3, -0.25) is 14.9 Å². The van der Waals surface area contributed by atoms with Gasteiger partial charge >= 0.3 is 11.7 Å². The minimum Gasteiger partial charge on any atom is -0.487 e. The SMILES string of the molecule is CCc1ccc(OCCC(C)(N)C(=O)O)c([N+](=O)[O-])c1. The largest absolute Gasteiger partial charge is 0.487 e. The predicted molar refractivity (Wildman–Crippen MR) is 72.8 cm³/mol. The van der Waals surface area contributed by atoms with Crippen LogP contribution in [0.2, 0.25) is 0 Å². The summed E-state index contributed by atoms with van der Waals surface area (Å²) in [4.78, 5) is 21.3. The number of nitro benzene ring substituents is 1. The van der Waals surface area contributed by atoms with Crippen LogP contribution in [0.5, 0.6) is 5.75 Å². The second kappa shape index (κ2) is 6.33. The van der Waals surface area contributed by atoms with Gasteiger partial charge in [0, 0.05) is 12.5 Å². The molecule has 0 bridgehead atoms. The first kappa shape index (κ1) is 15.9. The van der Waals surface area contributed by atoms with Crippen molar-refractivity contribution < 1.29 is 19.6 Å². The maximum absolute atomic E-state index is 11.0. The Morgan fingerprint density at radius 3 is 2.70 bits per heavy atom. The van der Waals surface area contributed by atoms with Crippen molar-refractivity contribution >= 4 is 11.7 Å². The number of aliphatic carboxylic acids is 1. The molecule has 1 aromatic rings. The Kier molecular flexibility index (Phi) is 5.04. The fourth-order valence-electron chi connectivity index (χ4n) is 1.53. The summed E-state index contributed by atoms with van der Waals surface area (Å²) in [6.45, 7) is 3.26. The summed E-state index contributed by atoms with van der Waals surface area (Å²) >= 11 is 0. The molecule has 20 heavy (non-hydrogen) atoms. The molecule has 0 saturated heterocycles. The van der Waals surface area contributed by atoms with Crippen molar-refractivity contribution in [2.24, 2.45) is 5.73 Å². The fourth-order valence-corrected chi connectivity index (χ4v) is 1.53. The molecule has 0 heterocycles. The molecule has 7 heteroatoms. The van der Waals surface area contributed by atoms with Crippen molar-refractivity contribution in [3.63, 3.8) is 0 Å². The Balaban J connectivity index is 2.78. The van der Waals surface area contributed by atoms with Crippen molar-refractivity contribution in [2.75, 3.05) is 6.61 Å². The van der Waals surface area contributed by atoms with Gasteiger partial charge in [-0.1, -0.05) is 13.0 Å². The molecule has 0 aliphatic rings. The quantitative estimate of drug-likeness (QED) is 0.581. The van der Waals surface area contributed by atoms with E-state index in [1.165, 1.54) is 19.1 Å². The van der Waals surface area contributed by atoms with Crippen LogP contribution in [0, 0.1) is 10.1 Å². The number of carboxylic acids is 1. The van der Waals surface area contributed by atoms with Crippen molar-refractivity contribution in [3.05, 3.63) is 33.9 Å². The van der Waals surface area contributed by atoms with Crippen LogP contribution in [0.1, 0.15) is 25.8 Å². The zero-order valence-corrected chi connectivity index (χ0v) is 11.5. The third-order valence-corrected chi connectivity index (χ3v) is 3.00. The van der Waals surface area contributed by atoms with Crippen LogP contribution in [0.3, 0.4) is 0 Å². The summed E-state index contributed by atoms with van der Waals surface area (Å²) in [7, 11) is 0. The number of ether oxygens (including phenoxy) is 1. The third kappa shape index (κ3) is 3.92. The van der Waals surface area contributed by atoms with Crippen LogP contribution >= 0.6 is 0 Å². The van der Waals surface area contributed by atoms with E-state index in [0.29, 0.717) is 6.42 Å². The Hall–Kier alpha value is -2.15. The fraction of sp³-hybridized carbons (Fsp3) is 0.462. The zero-order valence-electron chi connectivity index (χ0n) is 11.5. The minimum atomic E-state index is -1.42. The number of nitrogens with two attached hydrogens (primary N) is 1. The van der Waals surface area contributed by atoms with Gasteiger partial charge in [0.2, 0.25) is 0 Å². The number of carboxylic acid groups (broad SMARTS) is 1. The molecule has 0 aromatic heterocycles. The first-order valence-electron chi connectivity index (χ1n) is 6.20. The smallest absolute Gasteiger partial charge is 0.323 e. The minimum absolute atomic E-state index is 0.00832. The van der Waals surface area contributed by atoms with Crippen molar-refractivity contribution in [2.45, 2.75) is 32.2 Å². The number of aryl methyl sites for hydroxylation is 1. The van der Waals surface area contributed by atoms with Gasteiger partial charge in [-0.25, -0.2) is 0 Å². The molecule has 7 nitrogen and oxygen atoms in total. The third-order valence-electron chi connectivity index (χ3n) is 3.00. The molecular formula is C13H18N2O5. The number of carbonyl (C=O) groups is 1. The number of hydrogen-bond donors (Lipinski definition) is 2. The standard InChI is InChI=1S/C13H18N2O5/c1-3-9-4-5-11(10(8-9)15(18)19)20-7-6-13(2,14)12(16)17/h4-5,8H,3,6-7,14H2,1-2H3,(H,16,17). The molecule has 0 spiro atoms. The van der Waals surface area contributed by atoms with Gasteiger partial charge < -0.3 is 15.6 Å². The summed E-state index contributed by atoms with van der Waals surface area (Å²) in [5.41, 5.74) is 4.84. The summed E-state index contributed by atoms with van der Waals surface area (Å²) in [6.07, 6.45) is 0.732. The summed E-state index contributed by atoms with van der Waals surface area (Å²) in [5.74, 6) is -1.02. The average molecular weight is 282 g/mol. The highest BCUT2D eigenvalue weighted by Crippen LogP contribution is 2.28. The van der Waals surface area contributed by atoms with Crippen LogP contribution in [0.25, 0.3) is 0 Å². The molecule has 1 unspecified atom stereocenters. The lowest BCUT2D eigenvalue weighted by Crippen LogP contribution is -2.45. The topological polar surface area (TPSA) is 116 Å². The molecule has 110 valence electrons. The van der Waals surface area contributed by atoms with Gasteiger partial charge in [-0.05, 0) is 25.0 Å². The molecule has 0 aliphatic heterocycles. The molecule has 1 atom stereocenters. The van der Waals surface area contributed by atoms with E-state index in [1.807, 2.05) is 6.92 Å². The summed E-state index contributed by atoms with van der Waals surface area (Å²) < 4.78 is 5.30.